The maximum Gasteiger partial charge on any atom is 0.264 e. The summed E-state index contributed by atoms with van der Waals surface area (Å²) >= 11 is 0. The van der Waals surface area contributed by atoms with E-state index in [-0.39, 0.29) is 17.3 Å². The molecule has 0 aliphatic rings. The fraction of sp³-hybridized carbons (Fsp3) is 0.355. The van der Waals surface area contributed by atoms with Crippen LogP contribution in [0, 0.1) is 20.8 Å². The van der Waals surface area contributed by atoms with Crippen molar-refractivity contribution in [3.8, 4) is 0 Å². The van der Waals surface area contributed by atoms with Gasteiger partial charge in [-0.1, -0.05) is 74.0 Å². The first-order valence-corrected chi connectivity index (χ1v) is 14.8. The fourth-order valence-corrected chi connectivity index (χ4v) is 5.88. The lowest BCUT2D eigenvalue weighted by molar-refractivity contribution is -0.140. The third-order valence-corrected chi connectivity index (χ3v) is 8.43. The predicted octanol–water partition coefficient (Wildman–Crippen LogP) is 5.14. The van der Waals surface area contributed by atoms with Crippen LogP contribution in [0.25, 0.3) is 0 Å². The Kier molecular flexibility index (Phi) is 10.3. The summed E-state index contributed by atoms with van der Waals surface area (Å²) in [5, 5.41) is 2.90. The van der Waals surface area contributed by atoms with Crippen molar-refractivity contribution in [3.05, 3.63) is 95.1 Å². The van der Waals surface area contributed by atoms with Crippen LogP contribution in [0.15, 0.2) is 77.7 Å². The van der Waals surface area contributed by atoms with Gasteiger partial charge in [0.2, 0.25) is 11.8 Å². The molecule has 0 aliphatic carbocycles. The van der Waals surface area contributed by atoms with Crippen molar-refractivity contribution in [3.63, 3.8) is 0 Å². The molecule has 3 aromatic carbocycles. The van der Waals surface area contributed by atoms with Crippen LogP contribution < -0.4 is 9.62 Å². The topological polar surface area (TPSA) is 86.8 Å². The highest BCUT2D eigenvalue weighted by atomic mass is 32.2. The third-order valence-electron chi connectivity index (χ3n) is 6.65. The van der Waals surface area contributed by atoms with E-state index in [1.807, 2.05) is 77.1 Å². The molecule has 8 heteroatoms. The smallest absolute Gasteiger partial charge is 0.264 e. The van der Waals surface area contributed by atoms with Gasteiger partial charge in [-0.15, -0.1) is 0 Å². The zero-order valence-corrected chi connectivity index (χ0v) is 24.3. The highest BCUT2D eigenvalue weighted by Gasteiger charge is 2.34. The number of hydrogen-bond donors (Lipinski definition) is 1. The maximum atomic E-state index is 14.1. The Morgan fingerprint density at radius 1 is 0.872 bits per heavy atom. The van der Waals surface area contributed by atoms with Crippen molar-refractivity contribution in [1.82, 2.24) is 10.2 Å². The van der Waals surface area contributed by atoms with Gasteiger partial charge in [0.05, 0.1) is 10.6 Å². The Hall–Kier alpha value is -3.65. The van der Waals surface area contributed by atoms with Crippen molar-refractivity contribution >= 4 is 27.5 Å². The molecule has 1 N–H and O–H groups in total. The Balaban J connectivity index is 2.08. The van der Waals surface area contributed by atoms with E-state index in [9.17, 15) is 18.0 Å². The molecule has 3 aromatic rings. The number of nitrogens with one attached hydrogen (secondary N) is 1. The van der Waals surface area contributed by atoms with Gasteiger partial charge < -0.3 is 10.2 Å². The first-order valence-electron chi connectivity index (χ1n) is 13.4. The van der Waals surface area contributed by atoms with E-state index in [4.69, 9.17) is 0 Å². The second kappa shape index (κ2) is 13.4. The van der Waals surface area contributed by atoms with Crippen molar-refractivity contribution in [2.24, 2.45) is 0 Å². The quantitative estimate of drug-likeness (QED) is 0.339. The van der Waals surface area contributed by atoms with E-state index in [2.05, 4.69) is 5.32 Å². The van der Waals surface area contributed by atoms with E-state index in [1.54, 1.807) is 30.3 Å². The molecule has 1 atom stereocenters. The van der Waals surface area contributed by atoms with E-state index in [0.717, 1.165) is 28.7 Å². The van der Waals surface area contributed by atoms with E-state index in [0.29, 0.717) is 18.7 Å². The summed E-state index contributed by atoms with van der Waals surface area (Å²) in [6.07, 6.45) is 1.16. The minimum absolute atomic E-state index is 0.101. The molecule has 0 saturated carbocycles. The van der Waals surface area contributed by atoms with Crippen LogP contribution in [0.2, 0.25) is 0 Å². The summed E-state index contributed by atoms with van der Waals surface area (Å²) in [4.78, 5) is 28.8. The number of aryl methyl sites for hydroxylation is 3. The predicted molar refractivity (Wildman–Crippen MR) is 156 cm³/mol. The fourth-order valence-electron chi connectivity index (χ4n) is 4.40. The molecule has 7 nitrogen and oxygen atoms in total. The molecule has 0 radical (unpaired) electrons. The van der Waals surface area contributed by atoms with Gasteiger partial charge in [-0.05, 0) is 68.5 Å². The lowest BCUT2D eigenvalue weighted by Crippen LogP contribution is -2.52. The zero-order valence-electron chi connectivity index (χ0n) is 23.5. The van der Waals surface area contributed by atoms with Gasteiger partial charge in [-0.3, -0.25) is 13.9 Å². The lowest BCUT2D eigenvalue weighted by Gasteiger charge is -2.33. The molecule has 0 bridgehead atoms. The number of nitrogens with zero attached hydrogens (tertiary/aromatic N) is 2. The highest BCUT2D eigenvalue weighted by molar-refractivity contribution is 7.92. The molecule has 0 saturated heterocycles. The molecule has 208 valence electrons. The van der Waals surface area contributed by atoms with Crippen molar-refractivity contribution in [2.45, 2.75) is 64.9 Å². The SMILES string of the molecule is CCCNC(=O)C(CC)N(Cc1ccccc1)C(=O)CN(c1cc(C)ccc1C)S(=O)(=O)c1ccc(C)cc1. The monoisotopic (exact) mass is 549 g/mol. The summed E-state index contributed by atoms with van der Waals surface area (Å²) < 4.78 is 29.2. The normalized spacial score (nSPS) is 12.0. The zero-order chi connectivity index (χ0) is 28.6. The second-order valence-corrected chi connectivity index (χ2v) is 11.7. The van der Waals surface area contributed by atoms with E-state index >= 15 is 0 Å². The Morgan fingerprint density at radius 2 is 1.51 bits per heavy atom. The van der Waals surface area contributed by atoms with E-state index in [1.165, 1.54) is 9.21 Å². The molecule has 39 heavy (non-hydrogen) atoms. The van der Waals surface area contributed by atoms with Crippen LogP contribution in [0.3, 0.4) is 0 Å². The van der Waals surface area contributed by atoms with Crippen LogP contribution in [0.4, 0.5) is 5.69 Å². The van der Waals surface area contributed by atoms with Gasteiger partial charge in [0.1, 0.15) is 12.6 Å². The molecular weight excluding hydrogens is 510 g/mol. The molecule has 3 rings (SSSR count). The number of rotatable bonds is 12. The van der Waals surface area contributed by atoms with Crippen LogP contribution in [0.1, 0.15) is 48.9 Å². The molecule has 0 spiro atoms. The summed E-state index contributed by atoms with van der Waals surface area (Å²) in [7, 11) is -4.09. The van der Waals surface area contributed by atoms with Gasteiger partial charge in [-0.25, -0.2) is 8.42 Å². The summed E-state index contributed by atoms with van der Waals surface area (Å²) in [5.74, 6) is -0.697. The minimum atomic E-state index is -4.09. The summed E-state index contributed by atoms with van der Waals surface area (Å²) in [6.45, 7) is 9.66. The Bertz CT molecular complexity index is 1370. The number of hydrogen-bond acceptors (Lipinski definition) is 4. The van der Waals surface area contributed by atoms with Gasteiger partial charge in [-0.2, -0.15) is 0 Å². The highest BCUT2D eigenvalue weighted by Crippen LogP contribution is 2.29. The molecule has 0 fully saturated rings. The Labute approximate surface area is 232 Å². The summed E-state index contributed by atoms with van der Waals surface area (Å²) in [5.41, 5.74) is 3.82. The number of anilines is 1. The van der Waals surface area contributed by atoms with Crippen LogP contribution in [0.5, 0.6) is 0 Å². The number of carbonyl (C=O) groups excluding carboxylic acids is 2. The molecule has 2 amide bonds. The molecular formula is C31H39N3O4S. The van der Waals surface area contributed by atoms with Crippen LogP contribution >= 0.6 is 0 Å². The number of sulfonamides is 1. The lowest BCUT2D eigenvalue weighted by atomic mass is 10.1. The van der Waals surface area contributed by atoms with Crippen molar-refractivity contribution in [1.29, 1.82) is 0 Å². The van der Waals surface area contributed by atoms with Gasteiger partial charge in [0.25, 0.3) is 10.0 Å². The van der Waals surface area contributed by atoms with Gasteiger partial charge >= 0.3 is 0 Å². The third kappa shape index (κ3) is 7.47. The number of carbonyl (C=O) groups is 2. The largest absolute Gasteiger partial charge is 0.354 e. The van der Waals surface area contributed by atoms with Crippen molar-refractivity contribution in [2.75, 3.05) is 17.4 Å². The standard InChI is InChI=1S/C31H39N3O4S/c1-6-19-32-31(36)28(7-2)33(21-26-11-9-8-10-12-26)30(35)22-34(29-20-24(4)13-16-25(29)5)39(37,38)27-17-14-23(3)15-18-27/h8-18,20,28H,6-7,19,21-22H2,1-5H3,(H,32,36). The molecule has 1 unspecified atom stereocenters. The molecule has 0 aliphatic heterocycles. The van der Waals surface area contributed by atoms with Crippen molar-refractivity contribution < 1.29 is 18.0 Å². The number of amides is 2. The average Bonchev–Trinajstić information content (AvgIpc) is 2.92. The van der Waals surface area contributed by atoms with Gasteiger partial charge in [0.15, 0.2) is 0 Å². The maximum absolute atomic E-state index is 14.1. The van der Waals surface area contributed by atoms with Gasteiger partial charge in [0, 0.05) is 13.1 Å². The molecule has 0 heterocycles. The first-order chi connectivity index (χ1) is 18.6. The summed E-state index contributed by atoms with van der Waals surface area (Å²) in [6, 6.07) is 20.8. The molecule has 0 aromatic heterocycles. The minimum Gasteiger partial charge on any atom is -0.354 e. The second-order valence-electron chi connectivity index (χ2n) is 9.84. The van der Waals surface area contributed by atoms with E-state index < -0.39 is 28.5 Å². The number of benzene rings is 3. The first kappa shape index (κ1) is 29.9. The average molecular weight is 550 g/mol. The van der Waals surface area contributed by atoms with Crippen LogP contribution in [-0.2, 0) is 26.2 Å². The Morgan fingerprint density at radius 3 is 2.13 bits per heavy atom. The van der Waals surface area contributed by atoms with Crippen LogP contribution in [-0.4, -0.2) is 44.3 Å².